The number of hydrogen-bond acceptors (Lipinski definition) is 3. The first kappa shape index (κ1) is 15.0. The average molecular weight is 276 g/mol. The molecule has 2 rings (SSSR count). The van der Waals surface area contributed by atoms with Crippen LogP contribution in [0.2, 0.25) is 0 Å². The van der Waals surface area contributed by atoms with Gasteiger partial charge >= 0.3 is 0 Å². The van der Waals surface area contributed by atoms with Crippen LogP contribution in [-0.4, -0.2) is 43.2 Å². The zero-order valence-electron chi connectivity index (χ0n) is 12.6. The largest absolute Gasteiger partial charge is 0.378 e. The molecule has 0 radical (unpaired) electrons. The first-order chi connectivity index (χ1) is 9.59. The summed E-state index contributed by atoms with van der Waals surface area (Å²) < 4.78 is 5.28. The second-order valence-electron chi connectivity index (χ2n) is 5.41. The lowest BCUT2D eigenvalue weighted by Crippen LogP contribution is -2.49. The highest BCUT2D eigenvalue weighted by molar-refractivity contribution is 5.81. The minimum absolute atomic E-state index is 0.160. The molecule has 1 unspecified atom stereocenters. The summed E-state index contributed by atoms with van der Waals surface area (Å²) in [5.74, 6) is 0.166. The Morgan fingerprint density at radius 1 is 1.30 bits per heavy atom. The summed E-state index contributed by atoms with van der Waals surface area (Å²) in [7, 11) is 0. The zero-order chi connectivity index (χ0) is 14.5. The Kier molecular flexibility index (Phi) is 5.15. The third-order valence-electron chi connectivity index (χ3n) is 3.92. The van der Waals surface area contributed by atoms with Crippen LogP contribution >= 0.6 is 0 Å². The minimum Gasteiger partial charge on any atom is -0.378 e. The van der Waals surface area contributed by atoms with E-state index in [0.29, 0.717) is 26.3 Å². The quantitative estimate of drug-likeness (QED) is 0.909. The molecule has 0 aliphatic carbocycles. The van der Waals surface area contributed by atoms with E-state index in [2.05, 4.69) is 37.4 Å². The maximum absolute atomic E-state index is 12.3. The fourth-order valence-corrected chi connectivity index (χ4v) is 2.53. The molecule has 0 saturated carbocycles. The number of benzene rings is 1. The molecule has 1 aliphatic rings. The molecule has 0 aromatic heterocycles. The minimum atomic E-state index is -0.160. The smallest absolute Gasteiger partial charge is 0.239 e. The molecular weight excluding hydrogens is 252 g/mol. The summed E-state index contributed by atoms with van der Waals surface area (Å²) in [6.07, 6.45) is 0. The van der Waals surface area contributed by atoms with Crippen molar-refractivity contribution in [2.75, 3.05) is 26.3 Å². The number of carbonyl (C=O) groups is 1. The third-order valence-corrected chi connectivity index (χ3v) is 3.92. The highest BCUT2D eigenvalue weighted by Gasteiger charge is 2.22. The van der Waals surface area contributed by atoms with Crippen molar-refractivity contribution in [1.82, 2.24) is 10.2 Å². The van der Waals surface area contributed by atoms with Crippen LogP contribution in [0.1, 0.15) is 23.6 Å². The molecule has 4 heteroatoms. The van der Waals surface area contributed by atoms with Crippen LogP contribution in [0.15, 0.2) is 18.2 Å². The van der Waals surface area contributed by atoms with Crippen molar-refractivity contribution in [3.8, 4) is 0 Å². The van der Waals surface area contributed by atoms with Crippen molar-refractivity contribution in [1.29, 1.82) is 0 Å². The lowest BCUT2D eigenvalue weighted by molar-refractivity contribution is -0.137. The van der Waals surface area contributed by atoms with E-state index >= 15 is 0 Å². The van der Waals surface area contributed by atoms with Crippen LogP contribution < -0.4 is 5.32 Å². The van der Waals surface area contributed by atoms with E-state index in [-0.39, 0.29) is 11.9 Å². The number of morpholine rings is 1. The topological polar surface area (TPSA) is 41.6 Å². The second kappa shape index (κ2) is 6.86. The van der Waals surface area contributed by atoms with Crippen molar-refractivity contribution in [3.05, 3.63) is 34.9 Å². The van der Waals surface area contributed by atoms with E-state index in [9.17, 15) is 4.79 Å². The van der Waals surface area contributed by atoms with Crippen molar-refractivity contribution in [2.24, 2.45) is 0 Å². The van der Waals surface area contributed by atoms with Crippen LogP contribution in [0.25, 0.3) is 0 Å². The SMILES string of the molecule is Cc1cccc(C)c1CNC(C)C(=O)N1CCOCC1. The molecule has 1 aliphatic heterocycles. The van der Waals surface area contributed by atoms with E-state index in [1.54, 1.807) is 0 Å². The van der Waals surface area contributed by atoms with Gasteiger partial charge in [0.25, 0.3) is 0 Å². The molecule has 4 nitrogen and oxygen atoms in total. The van der Waals surface area contributed by atoms with Crippen LogP contribution in [0.4, 0.5) is 0 Å². The van der Waals surface area contributed by atoms with Gasteiger partial charge in [-0.1, -0.05) is 18.2 Å². The maximum atomic E-state index is 12.3. The normalized spacial score (nSPS) is 17.1. The number of aryl methyl sites for hydroxylation is 2. The van der Waals surface area contributed by atoms with Gasteiger partial charge in [0, 0.05) is 19.6 Å². The van der Waals surface area contributed by atoms with Crippen molar-refractivity contribution in [3.63, 3.8) is 0 Å². The number of nitrogens with zero attached hydrogens (tertiary/aromatic N) is 1. The Bertz CT molecular complexity index is 447. The van der Waals surface area contributed by atoms with E-state index in [1.807, 2.05) is 11.8 Å². The Balaban J connectivity index is 1.91. The second-order valence-corrected chi connectivity index (χ2v) is 5.41. The van der Waals surface area contributed by atoms with Gasteiger partial charge in [-0.25, -0.2) is 0 Å². The first-order valence-electron chi connectivity index (χ1n) is 7.24. The van der Waals surface area contributed by atoms with Gasteiger partial charge in [0.2, 0.25) is 5.91 Å². The summed E-state index contributed by atoms with van der Waals surface area (Å²) in [6, 6.07) is 6.13. The number of rotatable bonds is 4. The van der Waals surface area contributed by atoms with Gasteiger partial charge in [-0.3, -0.25) is 4.79 Å². The van der Waals surface area contributed by atoms with Crippen molar-refractivity contribution >= 4 is 5.91 Å². The zero-order valence-corrected chi connectivity index (χ0v) is 12.6. The summed E-state index contributed by atoms with van der Waals surface area (Å²) in [4.78, 5) is 14.2. The van der Waals surface area contributed by atoms with Gasteiger partial charge in [0.05, 0.1) is 19.3 Å². The standard InChI is InChI=1S/C16H24N2O2/c1-12-5-4-6-13(2)15(12)11-17-14(3)16(19)18-7-9-20-10-8-18/h4-6,14,17H,7-11H2,1-3H3. The molecule has 1 amide bonds. The highest BCUT2D eigenvalue weighted by atomic mass is 16.5. The molecule has 1 atom stereocenters. The van der Waals surface area contributed by atoms with Gasteiger partial charge in [-0.05, 0) is 37.5 Å². The molecule has 1 saturated heterocycles. The number of ether oxygens (including phenoxy) is 1. The molecule has 20 heavy (non-hydrogen) atoms. The fraction of sp³-hybridized carbons (Fsp3) is 0.562. The van der Waals surface area contributed by atoms with Crippen LogP contribution in [-0.2, 0) is 16.1 Å². The Labute approximate surface area is 121 Å². The summed E-state index contributed by atoms with van der Waals surface area (Å²) in [5.41, 5.74) is 3.82. The molecule has 1 aromatic carbocycles. The summed E-state index contributed by atoms with van der Waals surface area (Å²) in [5, 5.41) is 3.35. The molecule has 1 N–H and O–H groups in total. The molecule has 0 bridgehead atoms. The number of carbonyl (C=O) groups excluding carboxylic acids is 1. The van der Waals surface area contributed by atoms with Crippen molar-refractivity contribution < 1.29 is 9.53 Å². The lowest BCUT2D eigenvalue weighted by atomic mass is 10.0. The van der Waals surface area contributed by atoms with Gasteiger partial charge in [-0.15, -0.1) is 0 Å². The van der Waals surface area contributed by atoms with Gasteiger partial charge < -0.3 is 15.0 Å². The average Bonchev–Trinajstić information content (AvgIpc) is 2.46. The molecule has 1 fully saturated rings. The number of amides is 1. The predicted molar refractivity (Wildman–Crippen MR) is 79.6 cm³/mol. The van der Waals surface area contributed by atoms with E-state index < -0.39 is 0 Å². The Morgan fingerprint density at radius 3 is 2.50 bits per heavy atom. The predicted octanol–water partition coefficient (Wildman–Crippen LogP) is 1.64. The molecular formula is C16H24N2O2. The fourth-order valence-electron chi connectivity index (χ4n) is 2.53. The van der Waals surface area contributed by atoms with Crippen LogP contribution in [0.3, 0.4) is 0 Å². The Hall–Kier alpha value is -1.39. The third kappa shape index (κ3) is 3.58. The van der Waals surface area contributed by atoms with Gasteiger partial charge in [0.1, 0.15) is 0 Å². The van der Waals surface area contributed by atoms with E-state index in [0.717, 1.165) is 6.54 Å². The molecule has 0 spiro atoms. The summed E-state index contributed by atoms with van der Waals surface area (Å²) in [6.45, 7) is 9.59. The highest BCUT2D eigenvalue weighted by Crippen LogP contribution is 2.13. The van der Waals surface area contributed by atoms with Crippen molar-refractivity contribution in [2.45, 2.75) is 33.4 Å². The van der Waals surface area contributed by atoms with Gasteiger partial charge in [0.15, 0.2) is 0 Å². The molecule has 110 valence electrons. The summed E-state index contributed by atoms with van der Waals surface area (Å²) >= 11 is 0. The van der Waals surface area contributed by atoms with Crippen LogP contribution in [0, 0.1) is 13.8 Å². The van der Waals surface area contributed by atoms with Crippen LogP contribution in [0.5, 0.6) is 0 Å². The molecule has 1 aromatic rings. The van der Waals surface area contributed by atoms with Gasteiger partial charge in [-0.2, -0.15) is 0 Å². The van der Waals surface area contributed by atoms with E-state index in [1.165, 1.54) is 16.7 Å². The maximum Gasteiger partial charge on any atom is 0.239 e. The molecule has 1 heterocycles. The first-order valence-corrected chi connectivity index (χ1v) is 7.24. The monoisotopic (exact) mass is 276 g/mol. The number of nitrogens with one attached hydrogen (secondary N) is 1. The lowest BCUT2D eigenvalue weighted by Gasteiger charge is -2.29. The Morgan fingerprint density at radius 2 is 1.90 bits per heavy atom. The van der Waals surface area contributed by atoms with E-state index in [4.69, 9.17) is 4.74 Å². The number of hydrogen-bond donors (Lipinski definition) is 1.